The second kappa shape index (κ2) is 13.5. The number of amides is 2. The molecule has 0 spiro atoms. The number of carbonyl (C=O) groups is 2. The normalized spacial score (nSPS) is 12.9. The summed E-state index contributed by atoms with van der Waals surface area (Å²) in [6.07, 6.45) is 0.733. The summed E-state index contributed by atoms with van der Waals surface area (Å²) in [6, 6.07) is 19.2. The molecule has 2 amide bonds. The molecule has 0 aromatic heterocycles. The maximum Gasteiger partial charge on any atom is 0.264 e. The molecule has 7 nitrogen and oxygen atoms in total. The van der Waals surface area contributed by atoms with E-state index in [1.807, 2.05) is 45.0 Å². The smallest absolute Gasteiger partial charge is 0.264 e. The van der Waals surface area contributed by atoms with E-state index in [1.54, 1.807) is 43.3 Å². The Bertz CT molecular complexity index is 1400. The Morgan fingerprint density at radius 1 is 1.00 bits per heavy atom. The van der Waals surface area contributed by atoms with E-state index >= 15 is 0 Å². The van der Waals surface area contributed by atoms with Crippen LogP contribution in [0, 0.1) is 6.92 Å². The van der Waals surface area contributed by atoms with Gasteiger partial charge in [-0.2, -0.15) is 0 Å². The van der Waals surface area contributed by atoms with Crippen LogP contribution in [0.2, 0.25) is 5.02 Å². The summed E-state index contributed by atoms with van der Waals surface area (Å²) in [5.41, 5.74) is 1.98. The molecule has 0 bridgehead atoms. The number of benzene rings is 3. The van der Waals surface area contributed by atoms with Crippen LogP contribution < -0.4 is 9.62 Å². The zero-order valence-corrected chi connectivity index (χ0v) is 25.6. The van der Waals surface area contributed by atoms with E-state index in [9.17, 15) is 18.0 Å². The summed E-state index contributed by atoms with van der Waals surface area (Å²) in [5, 5.41) is 3.36. The monoisotopic (exact) mass is 633 g/mol. The van der Waals surface area contributed by atoms with E-state index < -0.39 is 28.5 Å². The lowest BCUT2D eigenvalue weighted by Crippen LogP contribution is -2.52. The van der Waals surface area contributed by atoms with Gasteiger partial charge in [-0.25, -0.2) is 8.42 Å². The highest BCUT2D eigenvalue weighted by Gasteiger charge is 2.32. The Labute approximate surface area is 244 Å². The molecular weight excluding hydrogens is 602 g/mol. The number of anilines is 1. The first-order valence-corrected chi connectivity index (χ1v) is 15.2. The van der Waals surface area contributed by atoms with Gasteiger partial charge in [0.2, 0.25) is 11.8 Å². The number of hydrogen-bond acceptors (Lipinski definition) is 4. The molecule has 0 unspecified atom stereocenters. The lowest BCUT2D eigenvalue weighted by Gasteiger charge is -2.32. The van der Waals surface area contributed by atoms with Gasteiger partial charge in [-0.1, -0.05) is 64.3 Å². The summed E-state index contributed by atoms with van der Waals surface area (Å²) >= 11 is 9.51. The first-order chi connectivity index (χ1) is 18.4. The molecule has 0 aliphatic rings. The van der Waals surface area contributed by atoms with Crippen molar-refractivity contribution in [2.24, 2.45) is 0 Å². The Morgan fingerprint density at radius 3 is 2.23 bits per heavy atom. The largest absolute Gasteiger partial charge is 0.352 e. The molecule has 3 rings (SSSR count). The second-order valence-electron chi connectivity index (χ2n) is 9.45. The third kappa shape index (κ3) is 8.06. The minimum absolute atomic E-state index is 0.0527. The number of carbonyl (C=O) groups excluding carboxylic acids is 2. The molecule has 208 valence electrons. The number of aryl methyl sites for hydroxylation is 1. The quantitative estimate of drug-likeness (QED) is 0.283. The highest BCUT2D eigenvalue weighted by atomic mass is 79.9. The van der Waals surface area contributed by atoms with Crippen molar-refractivity contribution in [1.82, 2.24) is 10.2 Å². The Kier molecular flexibility index (Phi) is 10.6. The van der Waals surface area contributed by atoms with Gasteiger partial charge in [-0.05, 0) is 81.3 Å². The molecule has 2 atom stereocenters. The van der Waals surface area contributed by atoms with Gasteiger partial charge in [0.1, 0.15) is 12.6 Å². The van der Waals surface area contributed by atoms with Gasteiger partial charge < -0.3 is 10.2 Å². The van der Waals surface area contributed by atoms with E-state index in [0.717, 1.165) is 26.3 Å². The van der Waals surface area contributed by atoms with Crippen LogP contribution in [0.5, 0.6) is 0 Å². The molecule has 1 N–H and O–H groups in total. The molecule has 0 saturated carbocycles. The lowest BCUT2D eigenvalue weighted by molar-refractivity contribution is -0.139. The highest BCUT2D eigenvalue weighted by molar-refractivity contribution is 9.10. The standard InChI is InChI=1S/C29H33BrClN3O4S/c1-5-21(3)32-29(36)22(4)33(18-23-7-6-8-24(30)17-23)28(35)19-34(26-13-11-25(31)12-14-26)39(37,38)27-15-9-20(2)10-16-27/h6-17,21-22H,5,18-19H2,1-4H3,(H,32,36)/t21-,22-/m0/s1. The van der Waals surface area contributed by atoms with Crippen molar-refractivity contribution in [3.05, 3.63) is 93.4 Å². The highest BCUT2D eigenvalue weighted by Crippen LogP contribution is 2.26. The van der Waals surface area contributed by atoms with Crippen LogP contribution in [0.25, 0.3) is 0 Å². The molecule has 0 aliphatic heterocycles. The van der Waals surface area contributed by atoms with Crippen molar-refractivity contribution in [3.63, 3.8) is 0 Å². The Hall–Kier alpha value is -2.88. The zero-order valence-electron chi connectivity index (χ0n) is 22.4. The molecule has 0 heterocycles. The number of hydrogen-bond donors (Lipinski definition) is 1. The summed E-state index contributed by atoms with van der Waals surface area (Å²) < 4.78 is 29.5. The van der Waals surface area contributed by atoms with Crippen molar-refractivity contribution in [1.29, 1.82) is 0 Å². The van der Waals surface area contributed by atoms with Crippen molar-refractivity contribution in [2.75, 3.05) is 10.8 Å². The van der Waals surface area contributed by atoms with E-state index in [1.165, 1.54) is 17.0 Å². The predicted octanol–water partition coefficient (Wildman–Crippen LogP) is 5.94. The van der Waals surface area contributed by atoms with Crippen LogP contribution >= 0.6 is 27.5 Å². The first-order valence-electron chi connectivity index (χ1n) is 12.6. The number of sulfonamides is 1. The van der Waals surface area contributed by atoms with Gasteiger partial charge in [0.05, 0.1) is 10.6 Å². The van der Waals surface area contributed by atoms with Crippen molar-refractivity contribution in [2.45, 2.75) is 57.6 Å². The van der Waals surface area contributed by atoms with Gasteiger partial charge in [0.15, 0.2) is 0 Å². The van der Waals surface area contributed by atoms with Gasteiger partial charge in [0.25, 0.3) is 10.0 Å². The Balaban J connectivity index is 2.02. The SMILES string of the molecule is CC[C@H](C)NC(=O)[C@H](C)N(Cc1cccc(Br)c1)C(=O)CN(c1ccc(Cl)cc1)S(=O)(=O)c1ccc(C)cc1. The minimum atomic E-state index is -4.13. The molecule has 0 fully saturated rings. The predicted molar refractivity (Wildman–Crippen MR) is 159 cm³/mol. The van der Waals surface area contributed by atoms with E-state index in [-0.39, 0.29) is 29.1 Å². The van der Waals surface area contributed by atoms with Gasteiger partial charge in [-0.15, -0.1) is 0 Å². The van der Waals surface area contributed by atoms with Crippen molar-refractivity contribution >= 4 is 55.1 Å². The maximum absolute atomic E-state index is 13.9. The fourth-order valence-electron chi connectivity index (χ4n) is 3.85. The van der Waals surface area contributed by atoms with Crippen LogP contribution in [0.1, 0.15) is 38.3 Å². The lowest BCUT2D eigenvalue weighted by atomic mass is 10.1. The number of halogens is 2. The minimum Gasteiger partial charge on any atom is -0.352 e. The Morgan fingerprint density at radius 2 is 1.64 bits per heavy atom. The van der Waals surface area contributed by atoms with Crippen LogP contribution in [-0.4, -0.2) is 43.8 Å². The molecule has 0 aliphatic carbocycles. The van der Waals surface area contributed by atoms with Crippen molar-refractivity contribution < 1.29 is 18.0 Å². The van der Waals surface area contributed by atoms with Gasteiger partial charge in [-0.3, -0.25) is 13.9 Å². The molecule has 39 heavy (non-hydrogen) atoms. The molecule has 3 aromatic rings. The molecular formula is C29H33BrClN3O4S. The summed E-state index contributed by atoms with van der Waals surface area (Å²) in [4.78, 5) is 28.5. The molecule has 3 aromatic carbocycles. The van der Waals surface area contributed by atoms with E-state index in [0.29, 0.717) is 5.02 Å². The van der Waals surface area contributed by atoms with Crippen LogP contribution in [0.3, 0.4) is 0 Å². The summed E-state index contributed by atoms with van der Waals surface area (Å²) in [6.45, 7) is 6.97. The third-order valence-corrected chi connectivity index (χ3v) is 8.95. The van der Waals surface area contributed by atoms with Crippen molar-refractivity contribution in [3.8, 4) is 0 Å². The number of nitrogens with zero attached hydrogens (tertiary/aromatic N) is 2. The number of rotatable bonds is 11. The van der Waals surface area contributed by atoms with Crippen LogP contribution in [0.4, 0.5) is 5.69 Å². The fraction of sp³-hybridized carbons (Fsp3) is 0.310. The number of nitrogens with one attached hydrogen (secondary N) is 1. The summed E-state index contributed by atoms with van der Waals surface area (Å²) in [5.74, 6) is -0.834. The zero-order chi connectivity index (χ0) is 28.7. The second-order valence-corrected chi connectivity index (χ2v) is 12.7. The summed E-state index contributed by atoms with van der Waals surface area (Å²) in [7, 11) is -4.13. The third-order valence-electron chi connectivity index (χ3n) is 6.41. The average molecular weight is 635 g/mol. The fourth-order valence-corrected chi connectivity index (χ4v) is 5.84. The van der Waals surface area contributed by atoms with Crippen LogP contribution in [-0.2, 0) is 26.2 Å². The molecule has 0 radical (unpaired) electrons. The van der Waals surface area contributed by atoms with E-state index in [4.69, 9.17) is 11.6 Å². The molecule has 0 saturated heterocycles. The van der Waals surface area contributed by atoms with Gasteiger partial charge in [0, 0.05) is 22.1 Å². The maximum atomic E-state index is 13.9. The van der Waals surface area contributed by atoms with Crippen LogP contribution in [0.15, 0.2) is 82.2 Å². The first kappa shape index (κ1) is 30.7. The van der Waals surface area contributed by atoms with E-state index in [2.05, 4.69) is 21.2 Å². The van der Waals surface area contributed by atoms with Gasteiger partial charge >= 0.3 is 0 Å². The average Bonchev–Trinajstić information content (AvgIpc) is 2.90. The topological polar surface area (TPSA) is 86.8 Å². The molecule has 10 heteroatoms.